The van der Waals surface area contributed by atoms with Crippen molar-refractivity contribution in [1.82, 2.24) is 4.31 Å². The van der Waals surface area contributed by atoms with E-state index in [4.69, 9.17) is 0 Å². The number of piperazine rings is 1. The van der Waals surface area contributed by atoms with Crippen LogP contribution in [0.3, 0.4) is 0 Å². The number of sulfonamides is 1. The van der Waals surface area contributed by atoms with Crippen LogP contribution in [0.5, 0.6) is 5.75 Å². The van der Waals surface area contributed by atoms with Gasteiger partial charge in [0.25, 0.3) is 0 Å². The lowest BCUT2D eigenvalue weighted by Gasteiger charge is -2.35. The van der Waals surface area contributed by atoms with E-state index in [9.17, 15) is 13.5 Å². The Kier molecular flexibility index (Phi) is 4.04. The average Bonchev–Trinajstić information content (AvgIpc) is 2.56. The minimum atomic E-state index is -3.42. The number of hydrogen-bond acceptors (Lipinski definition) is 4. The molecule has 1 aliphatic rings. The van der Waals surface area contributed by atoms with Crippen LogP contribution in [0.15, 0.2) is 59.5 Å². The SMILES string of the molecule is O=S(=O)(c1ccccc1)N1CCN(c2cccc(O)c2)CC1. The molecule has 0 radical (unpaired) electrons. The molecule has 0 amide bonds. The van der Waals surface area contributed by atoms with Gasteiger partial charge in [0.1, 0.15) is 5.75 Å². The van der Waals surface area contributed by atoms with Gasteiger partial charge in [0, 0.05) is 37.9 Å². The third-order valence-corrected chi connectivity index (χ3v) is 5.73. The van der Waals surface area contributed by atoms with E-state index < -0.39 is 10.0 Å². The van der Waals surface area contributed by atoms with Gasteiger partial charge in [-0.1, -0.05) is 24.3 Å². The molecule has 1 heterocycles. The zero-order chi connectivity index (χ0) is 15.6. The second kappa shape index (κ2) is 5.98. The molecule has 0 saturated carbocycles. The standard InChI is InChI=1S/C16H18N2O3S/c19-15-6-4-5-14(13-15)17-9-11-18(12-10-17)22(20,21)16-7-2-1-3-8-16/h1-8,13,19H,9-12H2. The molecule has 0 aromatic heterocycles. The molecule has 0 bridgehead atoms. The highest BCUT2D eigenvalue weighted by Crippen LogP contribution is 2.23. The molecule has 0 aliphatic carbocycles. The summed E-state index contributed by atoms with van der Waals surface area (Å²) in [6.07, 6.45) is 0. The molecule has 2 aromatic carbocycles. The van der Waals surface area contributed by atoms with Crippen LogP contribution >= 0.6 is 0 Å². The van der Waals surface area contributed by atoms with Gasteiger partial charge in [-0.3, -0.25) is 0 Å². The van der Waals surface area contributed by atoms with Crippen LogP contribution in [0, 0.1) is 0 Å². The third kappa shape index (κ3) is 2.93. The first-order valence-corrected chi connectivity index (χ1v) is 8.60. The number of phenolic OH excluding ortho intramolecular Hbond substituents is 1. The van der Waals surface area contributed by atoms with Crippen LogP contribution in [0.25, 0.3) is 0 Å². The van der Waals surface area contributed by atoms with Crippen molar-refractivity contribution in [3.63, 3.8) is 0 Å². The van der Waals surface area contributed by atoms with Crippen molar-refractivity contribution >= 4 is 15.7 Å². The molecule has 1 saturated heterocycles. The first-order chi connectivity index (χ1) is 10.6. The van der Waals surface area contributed by atoms with Gasteiger partial charge in [0.05, 0.1) is 4.90 Å². The molecule has 1 N–H and O–H groups in total. The van der Waals surface area contributed by atoms with Gasteiger partial charge in [-0.15, -0.1) is 0 Å². The van der Waals surface area contributed by atoms with E-state index >= 15 is 0 Å². The summed E-state index contributed by atoms with van der Waals surface area (Å²) in [4.78, 5) is 2.41. The molecule has 5 nitrogen and oxygen atoms in total. The Morgan fingerprint density at radius 2 is 1.55 bits per heavy atom. The van der Waals surface area contributed by atoms with E-state index in [-0.39, 0.29) is 5.75 Å². The summed E-state index contributed by atoms with van der Waals surface area (Å²) in [6, 6.07) is 15.5. The fourth-order valence-electron chi connectivity index (χ4n) is 2.62. The Bertz CT molecular complexity index is 739. The molecule has 0 unspecified atom stereocenters. The summed E-state index contributed by atoms with van der Waals surface area (Å²) >= 11 is 0. The van der Waals surface area contributed by atoms with Crippen molar-refractivity contribution in [2.24, 2.45) is 0 Å². The molecule has 1 fully saturated rings. The largest absolute Gasteiger partial charge is 0.508 e. The quantitative estimate of drug-likeness (QED) is 0.939. The number of phenols is 1. The number of benzene rings is 2. The summed E-state index contributed by atoms with van der Waals surface area (Å²) in [5.74, 6) is 0.219. The Labute approximate surface area is 130 Å². The molecule has 116 valence electrons. The maximum absolute atomic E-state index is 12.6. The predicted octanol–water partition coefficient (Wildman–Crippen LogP) is 1.90. The van der Waals surface area contributed by atoms with Gasteiger partial charge in [-0.05, 0) is 24.3 Å². The zero-order valence-electron chi connectivity index (χ0n) is 12.1. The highest BCUT2D eigenvalue weighted by atomic mass is 32.2. The van der Waals surface area contributed by atoms with Crippen molar-refractivity contribution < 1.29 is 13.5 Å². The number of hydrogen-bond donors (Lipinski definition) is 1. The highest BCUT2D eigenvalue weighted by molar-refractivity contribution is 7.89. The summed E-state index contributed by atoms with van der Waals surface area (Å²) in [5, 5.41) is 9.54. The van der Waals surface area contributed by atoms with Crippen molar-refractivity contribution in [1.29, 1.82) is 0 Å². The number of nitrogens with zero attached hydrogens (tertiary/aromatic N) is 2. The van der Waals surface area contributed by atoms with Crippen molar-refractivity contribution in [3.8, 4) is 5.75 Å². The van der Waals surface area contributed by atoms with Crippen LogP contribution in [-0.2, 0) is 10.0 Å². The van der Waals surface area contributed by atoms with Gasteiger partial charge in [-0.2, -0.15) is 4.31 Å². The van der Waals surface area contributed by atoms with E-state index in [0.29, 0.717) is 31.1 Å². The number of aromatic hydroxyl groups is 1. The first-order valence-electron chi connectivity index (χ1n) is 7.16. The molecule has 6 heteroatoms. The lowest BCUT2D eigenvalue weighted by Crippen LogP contribution is -2.48. The molecular weight excluding hydrogens is 300 g/mol. The molecule has 0 atom stereocenters. The molecule has 1 aliphatic heterocycles. The molecular formula is C16H18N2O3S. The molecule has 22 heavy (non-hydrogen) atoms. The monoisotopic (exact) mass is 318 g/mol. The fraction of sp³-hybridized carbons (Fsp3) is 0.250. The first kappa shape index (κ1) is 14.9. The topological polar surface area (TPSA) is 60.9 Å². The van der Waals surface area contributed by atoms with Gasteiger partial charge >= 0.3 is 0 Å². The van der Waals surface area contributed by atoms with Crippen LogP contribution in [0.1, 0.15) is 0 Å². The lowest BCUT2D eigenvalue weighted by atomic mass is 10.2. The summed E-state index contributed by atoms with van der Waals surface area (Å²) in [5.41, 5.74) is 0.914. The maximum Gasteiger partial charge on any atom is 0.243 e. The Morgan fingerprint density at radius 3 is 2.18 bits per heavy atom. The minimum absolute atomic E-state index is 0.219. The highest BCUT2D eigenvalue weighted by Gasteiger charge is 2.28. The molecule has 2 aromatic rings. The van der Waals surface area contributed by atoms with Crippen LogP contribution in [-0.4, -0.2) is 44.0 Å². The van der Waals surface area contributed by atoms with Crippen LogP contribution in [0.2, 0.25) is 0 Å². The summed E-state index contributed by atoms with van der Waals surface area (Å²) in [6.45, 7) is 2.09. The summed E-state index contributed by atoms with van der Waals surface area (Å²) < 4.78 is 26.6. The van der Waals surface area contributed by atoms with E-state index in [0.717, 1.165) is 5.69 Å². The lowest BCUT2D eigenvalue weighted by molar-refractivity contribution is 0.384. The predicted molar refractivity (Wildman–Crippen MR) is 85.5 cm³/mol. The smallest absolute Gasteiger partial charge is 0.243 e. The van der Waals surface area contributed by atoms with Crippen molar-refractivity contribution in [2.75, 3.05) is 31.1 Å². The van der Waals surface area contributed by atoms with E-state index in [1.807, 2.05) is 6.07 Å². The van der Waals surface area contributed by atoms with E-state index in [1.165, 1.54) is 4.31 Å². The Hall–Kier alpha value is -2.05. The van der Waals surface area contributed by atoms with E-state index in [1.54, 1.807) is 48.5 Å². The maximum atomic E-state index is 12.6. The summed E-state index contributed by atoms with van der Waals surface area (Å²) in [7, 11) is -3.42. The minimum Gasteiger partial charge on any atom is -0.508 e. The van der Waals surface area contributed by atoms with Gasteiger partial charge in [0.2, 0.25) is 10.0 Å². The molecule has 3 rings (SSSR count). The normalized spacial score (nSPS) is 16.6. The van der Waals surface area contributed by atoms with Gasteiger partial charge in [0.15, 0.2) is 0 Å². The second-order valence-corrected chi connectivity index (χ2v) is 7.16. The fourth-order valence-corrected chi connectivity index (χ4v) is 4.06. The van der Waals surface area contributed by atoms with Gasteiger partial charge in [-0.25, -0.2) is 8.42 Å². The Balaban J connectivity index is 1.72. The van der Waals surface area contributed by atoms with Crippen LogP contribution in [0.4, 0.5) is 5.69 Å². The second-order valence-electron chi connectivity index (χ2n) is 5.22. The third-order valence-electron chi connectivity index (χ3n) is 3.81. The van der Waals surface area contributed by atoms with Crippen molar-refractivity contribution in [2.45, 2.75) is 4.90 Å². The Morgan fingerprint density at radius 1 is 0.864 bits per heavy atom. The van der Waals surface area contributed by atoms with Crippen molar-refractivity contribution in [3.05, 3.63) is 54.6 Å². The average molecular weight is 318 g/mol. The van der Waals surface area contributed by atoms with Crippen LogP contribution < -0.4 is 4.90 Å². The zero-order valence-corrected chi connectivity index (χ0v) is 12.9. The molecule has 0 spiro atoms. The number of rotatable bonds is 3. The number of anilines is 1. The van der Waals surface area contributed by atoms with Gasteiger partial charge < -0.3 is 10.0 Å². The van der Waals surface area contributed by atoms with E-state index in [2.05, 4.69) is 4.90 Å².